The average molecular weight is 489 g/mol. The van der Waals surface area contributed by atoms with Crippen LogP contribution in [0.2, 0.25) is 0 Å². The molecule has 0 fully saturated rings. The first-order chi connectivity index (χ1) is 16.8. The maximum absolute atomic E-state index is 2.65. The van der Waals surface area contributed by atoms with Crippen LogP contribution in [0.3, 0.4) is 0 Å². The van der Waals surface area contributed by atoms with Crippen molar-refractivity contribution in [3.05, 3.63) is 65.0 Å². The summed E-state index contributed by atoms with van der Waals surface area (Å²) in [5, 5.41) is 0. The fourth-order valence-corrected chi connectivity index (χ4v) is 7.41. The van der Waals surface area contributed by atoms with Gasteiger partial charge < -0.3 is 9.80 Å². The van der Waals surface area contributed by atoms with Crippen LogP contribution in [-0.2, 0) is 0 Å². The molecule has 4 rings (SSSR count). The predicted octanol–water partition coefficient (Wildman–Crippen LogP) is 8.83. The molecular weight excluding hydrogens is 436 g/mol. The van der Waals surface area contributed by atoms with Gasteiger partial charge in [0.15, 0.2) is 0 Å². The molecule has 0 N–H and O–H groups in total. The van der Waals surface area contributed by atoms with E-state index in [4.69, 9.17) is 0 Å². The molecule has 0 saturated heterocycles. The Morgan fingerprint density at radius 2 is 1.56 bits per heavy atom. The van der Waals surface area contributed by atoms with E-state index in [1.165, 1.54) is 48.2 Å². The van der Waals surface area contributed by atoms with Crippen LogP contribution >= 0.6 is 0 Å². The lowest BCUT2D eigenvalue weighted by molar-refractivity contribution is 0.137. The van der Waals surface area contributed by atoms with Crippen LogP contribution in [0.15, 0.2) is 48.3 Å². The summed E-state index contributed by atoms with van der Waals surface area (Å²) in [5.41, 5.74) is 7.75. The van der Waals surface area contributed by atoms with Gasteiger partial charge in [0.2, 0.25) is 0 Å². The summed E-state index contributed by atoms with van der Waals surface area (Å²) in [6.07, 6.45) is 16.2. The van der Waals surface area contributed by atoms with Crippen molar-refractivity contribution >= 4 is 5.69 Å². The van der Waals surface area contributed by atoms with Crippen LogP contribution in [0.4, 0.5) is 5.69 Å². The van der Waals surface area contributed by atoms with Gasteiger partial charge in [-0.2, -0.15) is 0 Å². The minimum atomic E-state index is 0.219. The normalized spacial score (nSPS) is 28.8. The van der Waals surface area contributed by atoms with E-state index < -0.39 is 0 Å². The third kappa shape index (κ3) is 5.63. The number of aryl methyl sites for hydroxylation is 3. The van der Waals surface area contributed by atoms with Gasteiger partial charge in [-0.15, -0.1) is 0 Å². The molecule has 0 saturated carbocycles. The predicted molar refractivity (Wildman–Crippen MR) is 157 cm³/mol. The maximum atomic E-state index is 2.65. The lowest BCUT2D eigenvalue weighted by Gasteiger charge is -2.41. The molecule has 5 unspecified atom stereocenters. The summed E-state index contributed by atoms with van der Waals surface area (Å²) >= 11 is 0. The fourth-order valence-electron chi connectivity index (χ4n) is 7.41. The molecule has 5 atom stereocenters. The Balaban J connectivity index is 1.37. The van der Waals surface area contributed by atoms with E-state index in [0.717, 1.165) is 12.5 Å². The van der Waals surface area contributed by atoms with E-state index in [0.29, 0.717) is 29.1 Å². The molecule has 0 spiro atoms. The Morgan fingerprint density at radius 3 is 2.14 bits per heavy atom. The highest BCUT2D eigenvalue weighted by atomic mass is 15.2. The maximum Gasteiger partial charge on any atom is 0.0465 e. The number of nitrogens with zero attached hydrogens (tertiary/aromatic N) is 2. The van der Waals surface area contributed by atoms with Gasteiger partial charge in [0, 0.05) is 42.4 Å². The highest BCUT2D eigenvalue weighted by Crippen LogP contribution is 2.44. The Kier molecular flexibility index (Phi) is 7.58. The summed E-state index contributed by atoms with van der Waals surface area (Å²) in [4.78, 5) is 5.12. The zero-order chi connectivity index (χ0) is 26.4. The second-order valence-electron chi connectivity index (χ2n) is 14.1. The Morgan fingerprint density at radius 1 is 0.889 bits per heavy atom. The van der Waals surface area contributed by atoms with Crippen LogP contribution in [0, 0.1) is 55.8 Å². The molecule has 2 heteroatoms. The van der Waals surface area contributed by atoms with Crippen LogP contribution < -0.4 is 4.90 Å². The molecule has 1 aliphatic carbocycles. The summed E-state index contributed by atoms with van der Waals surface area (Å²) < 4.78 is 0. The van der Waals surface area contributed by atoms with Gasteiger partial charge in [0.25, 0.3) is 0 Å². The zero-order valence-corrected chi connectivity index (χ0v) is 24.9. The summed E-state index contributed by atoms with van der Waals surface area (Å²) in [7, 11) is 0. The number of hydrogen-bond acceptors (Lipinski definition) is 2. The molecule has 1 aromatic rings. The smallest absolute Gasteiger partial charge is 0.0465 e. The third-order valence-corrected chi connectivity index (χ3v) is 9.53. The molecule has 2 nitrogen and oxygen atoms in total. The number of rotatable bonds is 6. The third-order valence-electron chi connectivity index (χ3n) is 9.53. The second kappa shape index (κ2) is 10.1. The zero-order valence-electron chi connectivity index (χ0n) is 24.9. The summed E-state index contributed by atoms with van der Waals surface area (Å²) in [5.74, 6) is 3.37. The molecule has 198 valence electrons. The van der Waals surface area contributed by atoms with Crippen LogP contribution in [0.1, 0.15) is 84.4 Å². The molecule has 0 aromatic heterocycles. The SMILES string of the molecule is CC1=CC(CCC(C)(C)N2C=CC(C(C)(C)C)C2)CC(C)C1C1C=CN(c2c(C)cc(C)cc2C)C1. The van der Waals surface area contributed by atoms with Crippen molar-refractivity contribution in [3.8, 4) is 0 Å². The number of allylic oxidation sites excluding steroid dienone is 2. The first-order valence-electron chi connectivity index (χ1n) is 14.4. The van der Waals surface area contributed by atoms with Gasteiger partial charge in [-0.3, -0.25) is 0 Å². The van der Waals surface area contributed by atoms with Crippen molar-refractivity contribution in [2.75, 3.05) is 18.0 Å². The first-order valence-corrected chi connectivity index (χ1v) is 14.4. The molecule has 0 radical (unpaired) electrons. The average Bonchev–Trinajstić information content (AvgIpc) is 3.42. The molecule has 0 bridgehead atoms. The van der Waals surface area contributed by atoms with Gasteiger partial charge >= 0.3 is 0 Å². The lowest BCUT2D eigenvalue weighted by atomic mass is 9.69. The largest absolute Gasteiger partial charge is 0.372 e. The quantitative estimate of drug-likeness (QED) is 0.369. The molecule has 2 aliphatic heterocycles. The fraction of sp³-hybridized carbons (Fsp3) is 0.647. The molecule has 3 aliphatic rings. The molecular formula is C34H52N2. The van der Waals surface area contributed by atoms with E-state index in [9.17, 15) is 0 Å². The van der Waals surface area contributed by atoms with Crippen LogP contribution in [-0.4, -0.2) is 23.5 Å². The van der Waals surface area contributed by atoms with E-state index in [-0.39, 0.29) is 5.54 Å². The van der Waals surface area contributed by atoms with E-state index in [1.54, 1.807) is 5.57 Å². The first kappa shape index (κ1) is 27.1. The van der Waals surface area contributed by atoms with Gasteiger partial charge in [0.1, 0.15) is 0 Å². The van der Waals surface area contributed by atoms with Crippen LogP contribution in [0.5, 0.6) is 0 Å². The molecule has 1 aromatic carbocycles. The number of anilines is 1. The molecule has 36 heavy (non-hydrogen) atoms. The minimum absolute atomic E-state index is 0.219. The van der Waals surface area contributed by atoms with Crippen molar-refractivity contribution in [2.24, 2.45) is 35.0 Å². The number of hydrogen-bond donors (Lipinski definition) is 0. The van der Waals surface area contributed by atoms with Crippen molar-refractivity contribution < 1.29 is 0 Å². The Bertz CT molecular complexity index is 1010. The summed E-state index contributed by atoms with van der Waals surface area (Å²) in [6, 6.07) is 4.65. The lowest BCUT2D eigenvalue weighted by Crippen LogP contribution is -2.42. The van der Waals surface area contributed by atoms with Crippen molar-refractivity contribution in [1.82, 2.24) is 4.90 Å². The van der Waals surface area contributed by atoms with Crippen molar-refractivity contribution in [3.63, 3.8) is 0 Å². The standard InChI is InChI=1S/C34H52N2/c1-23-17-26(4)32(27(5)18-23)35-15-12-29(21-35)31-24(2)19-28(20-25(31)3)11-14-34(9,10)36-16-13-30(22-36)33(6,7)8/h12-13,15-19,25,28-31H,11,14,20-22H2,1-10H3. The van der Waals surface area contributed by atoms with Gasteiger partial charge in [-0.1, -0.05) is 69.2 Å². The summed E-state index contributed by atoms with van der Waals surface area (Å²) in [6.45, 7) is 25.9. The van der Waals surface area contributed by atoms with Crippen LogP contribution in [0.25, 0.3) is 0 Å². The highest BCUT2D eigenvalue weighted by molar-refractivity contribution is 5.63. The highest BCUT2D eigenvalue weighted by Gasteiger charge is 2.37. The van der Waals surface area contributed by atoms with Crippen molar-refractivity contribution in [1.29, 1.82) is 0 Å². The molecule has 2 heterocycles. The van der Waals surface area contributed by atoms with E-state index >= 15 is 0 Å². The van der Waals surface area contributed by atoms with E-state index in [2.05, 4.69) is 122 Å². The topological polar surface area (TPSA) is 6.48 Å². The Labute approximate surface area is 222 Å². The number of benzene rings is 1. The Hall–Kier alpha value is -1.96. The molecule has 0 amide bonds. The second-order valence-corrected chi connectivity index (χ2v) is 14.1. The van der Waals surface area contributed by atoms with Gasteiger partial charge in [-0.25, -0.2) is 0 Å². The van der Waals surface area contributed by atoms with Crippen molar-refractivity contribution in [2.45, 2.75) is 94.0 Å². The van der Waals surface area contributed by atoms with Gasteiger partial charge in [0.05, 0.1) is 0 Å². The monoisotopic (exact) mass is 488 g/mol. The van der Waals surface area contributed by atoms with Gasteiger partial charge in [-0.05, 0) is 101 Å². The van der Waals surface area contributed by atoms with E-state index in [1.807, 2.05) is 0 Å². The minimum Gasteiger partial charge on any atom is -0.372 e.